The first-order chi connectivity index (χ1) is 12.7. The first-order valence-corrected chi connectivity index (χ1v) is 9.55. The number of benzene rings is 2. The molecule has 1 fully saturated rings. The molecule has 1 unspecified atom stereocenters. The molecule has 0 saturated heterocycles. The number of carbonyl (C=O) groups is 2. The van der Waals surface area contributed by atoms with Gasteiger partial charge in [-0.05, 0) is 42.4 Å². The van der Waals surface area contributed by atoms with Crippen molar-refractivity contribution in [1.82, 2.24) is 0 Å². The van der Waals surface area contributed by atoms with Crippen molar-refractivity contribution in [2.75, 3.05) is 0 Å². The molecule has 0 aromatic heterocycles. The number of Topliss-reactive ketones (excluding diaryl/α,β-unsaturated/α-hetero) is 1. The SMILES string of the molecule is O=C(CCCC1CCCCC1=O)OCc1ccc(-c2ccccc2)cc1. The van der Waals surface area contributed by atoms with Gasteiger partial charge in [0.1, 0.15) is 12.4 Å². The van der Waals surface area contributed by atoms with E-state index < -0.39 is 0 Å². The van der Waals surface area contributed by atoms with Crippen LogP contribution in [0.3, 0.4) is 0 Å². The van der Waals surface area contributed by atoms with Gasteiger partial charge in [-0.1, -0.05) is 61.0 Å². The summed E-state index contributed by atoms with van der Waals surface area (Å²) in [5.41, 5.74) is 3.31. The second-order valence-corrected chi connectivity index (χ2v) is 7.02. The maximum atomic E-state index is 11.9. The van der Waals surface area contributed by atoms with Crippen LogP contribution in [0.15, 0.2) is 54.6 Å². The van der Waals surface area contributed by atoms with Crippen LogP contribution in [-0.2, 0) is 20.9 Å². The van der Waals surface area contributed by atoms with E-state index in [4.69, 9.17) is 4.74 Å². The van der Waals surface area contributed by atoms with Crippen LogP contribution < -0.4 is 0 Å². The average Bonchev–Trinajstić information content (AvgIpc) is 2.69. The second kappa shape index (κ2) is 9.33. The Morgan fingerprint density at radius 2 is 1.69 bits per heavy atom. The average molecular weight is 350 g/mol. The van der Waals surface area contributed by atoms with E-state index >= 15 is 0 Å². The van der Waals surface area contributed by atoms with Gasteiger partial charge in [-0.25, -0.2) is 0 Å². The van der Waals surface area contributed by atoms with Crippen molar-refractivity contribution in [3.05, 3.63) is 60.2 Å². The summed E-state index contributed by atoms with van der Waals surface area (Å²) in [6.45, 7) is 0.302. The molecule has 2 aromatic carbocycles. The number of hydrogen-bond acceptors (Lipinski definition) is 3. The summed E-state index contributed by atoms with van der Waals surface area (Å²) in [6.07, 6.45) is 5.82. The Bertz CT molecular complexity index is 719. The van der Waals surface area contributed by atoms with Gasteiger partial charge in [-0.3, -0.25) is 9.59 Å². The first kappa shape index (κ1) is 18.4. The van der Waals surface area contributed by atoms with E-state index in [0.717, 1.165) is 43.2 Å². The third-order valence-electron chi connectivity index (χ3n) is 5.08. The van der Waals surface area contributed by atoms with Gasteiger partial charge in [0.15, 0.2) is 0 Å². The largest absolute Gasteiger partial charge is 0.461 e. The molecule has 136 valence electrons. The van der Waals surface area contributed by atoms with Crippen molar-refractivity contribution in [3.8, 4) is 11.1 Å². The first-order valence-electron chi connectivity index (χ1n) is 9.55. The Labute approximate surface area is 155 Å². The van der Waals surface area contributed by atoms with Crippen molar-refractivity contribution in [1.29, 1.82) is 0 Å². The van der Waals surface area contributed by atoms with Gasteiger partial charge in [0.05, 0.1) is 0 Å². The van der Waals surface area contributed by atoms with Crippen molar-refractivity contribution < 1.29 is 14.3 Å². The number of hydrogen-bond donors (Lipinski definition) is 0. The molecule has 3 heteroatoms. The quantitative estimate of drug-likeness (QED) is 0.634. The molecule has 2 aromatic rings. The van der Waals surface area contributed by atoms with E-state index in [-0.39, 0.29) is 11.9 Å². The minimum Gasteiger partial charge on any atom is -0.461 e. The van der Waals surface area contributed by atoms with Crippen molar-refractivity contribution in [2.24, 2.45) is 5.92 Å². The van der Waals surface area contributed by atoms with Crippen LogP contribution in [0.4, 0.5) is 0 Å². The molecule has 0 bridgehead atoms. The fourth-order valence-electron chi connectivity index (χ4n) is 3.51. The smallest absolute Gasteiger partial charge is 0.306 e. The highest BCUT2D eigenvalue weighted by Gasteiger charge is 2.21. The van der Waals surface area contributed by atoms with Crippen molar-refractivity contribution in [2.45, 2.75) is 51.6 Å². The lowest BCUT2D eigenvalue weighted by Crippen LogP contribution is -2.19. The molecule has 1 atom stereocenters. The van der Waals surface area contributed by atoms with Crippen LogP contribution in [-0.4, -0.2) is 11.8 Å². The van der Waals surface area contributed by atoms with E-state index in [1.54, 1.807) is 0 Å². The number of ketones is 1. The van der Waals surface area contributed by atoms with Gasteiger partial charge in [0.2, 0.25) is 0 Å². The molecule has 3 nitrogen and oxygen atoms in total. The lowest BCUT2D eigenvalue weighted by Gasteiger charge is -2.19. The Hall–Kier alpha value is -2.42. The highest BCUT2D eigenvalue weighted by Crippen LogP contribution is 2.25. The zero-order valence-electron chi connectivity index (χ0n) is 15.2. The standard InChI is InChI=1S/C23H26O3/c24-22-11-5-4-9-21(22)10-6-12-23(25)26-17-18-13-15-20(16-14-18)19-7-2-1-3-8-19/h1-3,7-8,13-16,21H,4-6,9-12,17H2. The van der Waals surface area contributed by atoms with Crippen LogP contribution in [0.1, 0.15) is 50.5 Å². The molecule has 0 N–H and O–H groups in total. The molecule has 0 spiro atoms. The zero-order valence-corrected chi connectivity index (χ0v) is 15.2. The van der Waals surface area contributed by atoms with Gasteiger partial charge in [0.25, 0.3) is 0 Å². The van der Waals surface area contributed by atoms with Crippen LogP contribution in [0.2, 0.25) is 0 Å². The molecule has 26 heavy (non-hydrogen) atoms. The summed E-state index contributed by atoms with van der Waals surface area (Å²) in [4.78, 5) is 23.7. The van der Waals surface area contributed by atoms with Crippen LogP contribution in [0.25, 0.3) is 11.1 Å². The predicted molar refractivity (Wildman–Crippen MR) is 102 cm³/mol. The summed E-state index contributed by atoms with van der Waals surface area (Å²) in [5, 5.41) is 0. The molecule has 1 aliphatic carbocycles. The molecular weight excluding hydrogens is 324 g/mol. The summed E-state index contributed by atoms with van der Waals surface area (Å²) >= 11 is 0. The summed E-state index contributed by atoms with van der Waals surface area (Å²) < 4.78 is 5.37. The number of carbonyl (C=O) groups excluding carboxylic acids is 2. The maximum absolute atomic E-state index is 11.9. The van der Waals surface area contributed by atoms with E-state index in [0.29, 0.717) is 25.2 Å². The minimum absolute atomic E-state index is 0.169. The van der Waals surface area contributed by atoms with E-state index in [1.807, 2.05) is 42.5 Å². The fraction of sp³-hybridized carbons (Fsp3) is 0.391. The molecule has 1 aliphatic rings. The van der Waals surface area contributed by atoms with Crippen LogP contribution >= 0.6 is 0 Å². The topological polar surface area (TPSA) is 43.4 Å². The maximum Gasteiger partial charge on any atom is 0.306 e. The molecule has 0 heterocycles. The molecule has 0 aliphatic heterocycles. The van der Waals surface area contributed by atoms with Crippen LogP contribution in [0, 0.1) is 5.92 Å². The monoisotopic (exact) mass is 350 g/mol. The van der Waals surface area contributed by atoms with Gasteiger partial charge in [0, 0.05) is 18.8 Å². The van der Waals surface area contributed by atoms with Gasteiger partial charge in [-0.2, -0.15) is 0 Å². The second-order valence-electron chi connectivity index (χ2n) is 7.02. The number of rotatable bonds is 7. The normalized spacial score (nSPS) is 17.1. The third kappa shape index (κ3) is 5.29. The molecule has 1 saturated carbocycles. The number of ether oxygens (including phenoxy) is 1. The lowest BCUT2D eigenvalue weighted by atomic mass is 9.84. The summed E-state index contributed by atoms with van der Waals surface area (Å²) in [5.74, 6) is 0.366. The summed E-state index contributed by atoms with van der Waals surface area (Å²) in [7, 11) is 0. The van der Waals surface area contributed by atoms with E-state index in [9.17, 15) is 9.59 Å². The molecule has 3 rings (SSSR count). The Balaban J connectivity index is 1.39. The highest BCUT2D eigenvalue weighted by atomic mass is 16.5. The third-order valence-corrected chi connectivity index (χ3v) is 5.08. The Morgan fingerprint density at radius 3 is 2.42 bits per heavy atom. The van der Waals surface area contributed by atoms with Crippen molar-refractivity contribution >= 4 is 11.8 Å². The Kier molecular flexibility index (Phi) is 6.59. The van der Waals surface area contributed by atoms with E-state index in [2.05, 4.69) is 12.1 Å². The molecular formula is C23H26O3. The van der Waals surface area contributed by atoms with Gasteiger partial charge < -0.3 is 4.74 Å². The molecule has 0 radical (unpaired) electrons. The van der Waals surface area contributed by atoms with Crippen LogP contribution in [0.5, 0.6) is 0 Å². The zero-order chi connectivity index (χ0) is 18.2. The number of esters is 1. The Morgan fingerprint density at radius 1 is 0.962 bits per heavy atom. The molecule has 0 amide bonds. The predicted octanol–water partition coefficient (Wildman–Crippen LogP) is 5.33. The van der Waals surface area contributed by atoms with Crippen molar-refractivity contribution in [3.63, 3.8) is 0 Å². The fourth-order valence-corrected chi connectivity index (χ4v) is 3.51. The summed E-state index contributed by atoms with van der Waals surface area (Å²) in [6, 6.07) is 18.3. The highest BCUT2D eigenvalue weighted by molar-refractivity contribution is 5.81. The minimum atomic E-state index is -0.180. The lowest BCUT2D eigenvalue weighted by molar-refractivity contribution is -0.145. The van der Waals surface area contributed by atoms with Gasteiger partial charge in [-0.15, -0.1) is 0 Å². The van der Waals surface area contributed by atoms with E-state index in [1.165, 1.54) is 5.56 Å². The van der Waals surface area contributed by atoms with Gasteiger partial charge >= 0.3 is 5.97 Å².